The van der Waals surface area contributed by atoms with Crippen LogP contribution in [0.4, 0.5) is 15.3 Å². The Balaban J connectivity index is 1.58. The summed E-state index contributed by atoms with van der Waals surface area (Å²) in [5, 5.41) is 13.0. The number of carbonyl (C=O) groups is 1. The number of benzene rings is 2. The van der Waals surface area contributed by atoms with Crippen molar-refractivity contribution in [3.8, 4) is 0 Å². The zero-order valence-corrected chi connectivity index (χ0v) is 17.0. The Morgan fingerprint density at radius 1 is 1.13 bits per heavy atom. The third-order valence-corrected chi connectivity index (χ3v) is 5.67. The van der Waals surface area contributed by atoms with Crippen LogP contribution in [0.15, 0.2) is 54.6 Å². The quantitative estimate of drug-likeness (QED) is 0.401. The molecule has 6 nitrogen and oxygen atoms in total. The first kappa shape index (κ1) is 19.9. The summed E-state index contributed by atoms with van der Waals surface area (Å²) in [6.07, 6.45) is 0.197. The molecule has 152 valence electrons. The van der Waals surface area contributed by atoms with E-state index < -0.39 is 18.0 Å². The largest absolute Gasteiger partial charge is 0.481 e. The maximum absolute atomic E-state index is 14.0. The highest BCUT2D eigenvalue weighted by molar-refractivity contribution is 7.22. The third kappa shape index (κ3) is 4.44. The van der Waals surface area contributed by atoms with Crippen molar-refractivity contribution in [3.63, 3.8) is 0 Å². The second-order valence-corrected chi connectivity index (χ2v) is 7.88. The van der Waals surface area contributed by atoms with Crippen molar-refractivity contribution in [2.45, 2.75) is 25.7 Å². The lowest BCUT2D eigenvalue weighted by Crippen LogP contribution is -2.10. The van der Waals surface area contributed by atoms with Gasteiger partial charge < -0.3 is 10.4 Å². The Labute approximate surface area is 176 Å². The molecule has 2 aromatic heterocycles. The van der Waals surface area contributed by atoms with E-state index in [1.165, 1.54) is 11.3 Å². The molecule has 2 N–H and O–H groups in total. The van der Waals surface area contributed by atoms with Crippen LogP contribution in [0.5, 0.6) is 0 Å². The van der Waals surface area contributed by atoms with Gasteiger partial charge in [-0.05, 0) is 29.7 Å². The first-order valence-corrected chi connectivity index (χ1v) is 10.3. The van der Waals surface area contributed by atoms with E-state index in [0.29, 0.717) is 29.5 Å². The van der Waals surface area contributed by atoms with Gasteiger partial charge in [0.1, 0.15) is 5.82 Å². The Bertz CT molecular complexity index is 1200. The summed E-state index contributed by atoms with van der Waals surface area (Å²) < 4.78 is 14.8. The predicted molar refractivity (Wildman–Crippen MR) is 115 cm³/mol. The van der Waals surface area contributed by atoms with Crippen LogP contribution in [0, 0.1) is 6.08 Å². The zero-order chi connectivity index (χ0) is 21.1. The molecule has 1 atom stereocenters. The Morgan fingerprint density at radius 2 is 1.93 bits per heavy atom. The number of halogens is 1. The van der Waals surface area contributed by atoms with Gasteiger partial charge in [-0.1, -0.05) is 54.7 Å². The Kier molecular flexibility index (Phi) is 5.67. The zero-order valence-electron chi connectivity index (χ0n) is 16.2. The summed E-state index contributed by atoms with van der Waals surface area (Å²) >= 11 is 1.36. The van der Waals surface area contributed by atoms with Crippen LogP contribution in [-0.4, -0.2) is 26.0 Å². The summed E-state index contributed by atoms with van der Waals surface area (Å²) in [5.74, 6) is -1.07. The molecule has 0 spiro atoms. The van der Waals surface area contributed by atoms with E-state index in [1.807, 2.05) is 43.3 Å². The molecule has 1 unspecified atom stereocenters. The number of hydrogen-bond acceptors (Lipinski definition) is 6. The van der Waals surface area contributed by atoms with Gasteiger partial charge in [0.2, 0.25) is 0 Å². The van der Waals surface area contributed by atoms with Crippen LogP contribution >= 0.6 is 11.3 Å². The number of rotatable bonds is 7. The van der Waals surface area contributed by atoms with Gasteiger partial charge in [-0.3, -0.25) is 4.79 Å². The van der Waals surface area contributed by atoms with E-state index in [2.05, 4.69) is 20.3 Å². The van der Waals surface area contributed by atoms with E-state index in [9.17, 15) is 14.3 Å². The molecule has 0 radical (unpaired) electrons. The van der Waals surface area contributed by atoms with Crippen molar-refractivity contribution in [2.75, 3.05) is 5.32 Å². The van der Waals surface area contributed by atoms with E-state index in [4.69, 9.17) is 0 Å². The molecular formula is C22H19FN4O2S. The number of carboxylic acid groups (broad SMARTS) is 1. The molecule has 0 aliphatic carbocycles. The molecule has 0 bridgehead atoms. The number of thiazole rings is 1. The molecule has 4 aromatic rings. The van der Waals surface area contributed by atoms with Crippen molar-refractivity contribution in [1.82, 2.24) is 15.0 Å². The minimum Gasteiger partial charge on any atom is -0.481 e. The van der Waals surface area contributed by atoms with Gasteiger partial charge in [-0.15, -0.1) is 0 Å². The lowest BCUT2D eigenvalue weighted by molar-refractivity contribution is -0.138. The van der Waals surface area contributed by atoms with Crippen LogP contribution in [0.3, 0.4) is 0 Å². The van der Waals surface area contributed by atoms with Gasteiger partial charge in [0.25, 0.3) is 0 Å². The second kappa shape index (κ2) is 8.54. The first-order chi connectivity index (χ1) is 14.5. The van der Waals surface area contributed by atoms with Gasteiger partial charge in [0, 0.05) is 12.5 Å². The van der Waals surface area contributed by atoms with Crippen molar-refractivity contribution in [1.29, 1.82) is 0 Å². The molecule has 8 heteroatoms. The molecule has 0 aliphatic heterocycles. The number of nitrogens with one attached hydrogen (secondary N) is 1. The Hall–Kier alpha value is -3.39. The molecule has 30 heavy (non-hydrogen) atoms. The summed E-state index contributed by atoms with van der Waals surface area (Å²) in [4.78, 5) is 23.6. The van der Waals surface area contributed by atoms with Crippen molar-refractivity contribution >= 4 is 38.5 Å². The minimum absolute atomic E-state index is 0.324. The average molecular weight is 422 g/mol. The summed E-state index contributed by atoms with van der Waals surface area (Å²) in [7, 11) is 0. The molecule has 4 rings (SSSR count). The van der Waals surface area contributed by atoms with Gasteiger partial charge in [0.05, 0.1) is 21.8 Å². The standard InChI is InChI=1S/C22H19FN4O2S/c1-2-16(20(28)29)14-8-9-17-18(11-14)30-22(25-17)27-19-12-15(24-21(23)26-19)10-13-6-4-3-5-7-13/h3-9,11-12,16H,2,10H2,1H3,(H,28,29)(H,24,25,26,27). The van der Waals surface area contributed by atoms with E-state index in [0.717, 1.165) is 21.3 Å². The fourth-order valence-corrected chi connectivity index (χ4v) is 4.22. The minimum atomic E-state index is -0.845. The number of nitrogens with zero attached hydrogens (tertiary/aromatic N) is 3. The van der Waals surface area contributed by atoms with Crippen LogP contribution in [0.25, 0.3) is 10.2 Å². The number of anilines is 2. The smallest absolute Gasteiger partial charge is 0.310 e. The van der Waals surface area contributed by atoms with Crippen molar-refractivity contribution < 1.29 is 14.3 Å². The monoisotopic (exact) mass is 422 g/mol. The van der Waals surface area contributed by atoms with Crippen molar-refractivity contribution in [3.05, 3.63) is 77.5 Å². The first-order valence-electron chi connectivity index (χ1n) is 9.49. The second-order valence-electron chi connectivity index (χ2n) is 6.85. The summed E-state index contributed by atoms with van der Waals surface area (Å²) in [5.41, 5.74) is 3.07. The summed E-state index contributed by atoms with van der Waals surface area (Å²) in [6.45, 7) is 1.85. The SMILES string of the molecule is CCC(C(=O)O)c1ccc2nc(Nc3cc(Cc4ccccc4)nc(F)n3)sc2c1. The Morgan fingerprint density at radius 3 is 2.67 bits per heavy atom. The van der Waals surface area contributed by atoms with E-state index in [-0.39, 0.29) is 0 Å². The van der Waals surface area contributed by atoms with Gasteiger partial charge in [-0.2, -0.15) is 9.37 Å². The molecule has 0 aliphatic rings. The highest BCUT2D eigenvalue weighted by Crippen LogP contribution is 2.31. The van der Waals surface area contributed by atoms with Gasteiger partial charge in [0.15, 0.2) is 5.13 Å². The lowest BCUT2D eigenvalue weighted by atomic mass is 9.97. The molecule has 0 saturated carbocycles. The molecule has 2 aromatic carbocycles. The number of hydrogen-bond donors (Lipinski definition) is 2. The van der Waals surface area contributed by atoms with E-state index in [1.54, 1.807) is 18.2 Å². The van der Waals surface area contributed by atoms with E-state index >= 15 is 0 Å². The number of aliphatic carboxylic acids is 1. The number of aromatic nitrogens is 3. The molecule has 0 saturated heterocycles. The average Bonchev–Trinajstić information content (AvgIpc) is 3.10. The maximum atomic E-state index is 14.0. The highest BCUT2D eigenvalue weighted by Gasteiger charge is 2.18. The van der Waals surface area contributed by atoms with Crippen molar-refractivity contribution in [2.24, 2.45) is 0 Å². The third-order valence-electron chi connectivity index (χ3n) is 4.74. The van der Waals surface area contributed by atoms with Crippen LogP contribution in [0.1, 0.15) is 36.1 Å². The van der Waals surface area contributed by atoms with Crippen LogP contribution in [0.2, 0.25) is 0 Å². The molecule has 0 fully saturated rings. The molecule has 2 heterocycles. The van der Waals surface area contributed by atoms with Gasteiger partial charge in [-0.25, -0.2) is 9.97 Å². The predicted octanol–water partition coefficient (Wildman–Crippen LogP) is 5.14. The van der Waals surface area contributed by atoms with Crippen LogP contribution < -0.4 is 5.32 Å². The number of carboxylic acids is 1. The fourth-order valence-electron chi connectivity index (χ4n) is 3.30. The van der Waals surface area contributed by atoms with Crippen LogP contribution in [-0.2, 0) is 11.2 Å². The lowest BCUT2D eigenvalue weighted by Gasteiger charge is -2.09. The highest BCUT2D eigenvalue weighted by atomic mass is 32.1. The molecule has 0 amide bonds. The maximum Gasteiger partial charge on any atom is 0.310 e. The normalized spacial score (nSPS) is 12.1. The number of fused-ring (bicyclic) bond motifs is 1. The topological polar surface area (TPSA) is 88.0 Å². The molecular weight excluding hydrogens is 403 g/mol. The van der Waals surface area contributed by atoms with Gasteiger partial charge >= 0.3 is 12.0 Å². The fraction of sp³-hybridized carbons (Fsp3) is 0.182. The summed E-state index contributed by atoms with van der Waals surface area (Å²) in [6, 6.07) is 16.8.